The van der Waals surface area contributed by atoms with E-state index < -0.39 is 13.7 Å². The van der Waals surface area contributed by atoms with Gasteiger partial charge in [0.2, 0.25) is 0 Å². The van der Waals surface area contributed by atoms with Gasteiger partial charge in [-0.3, -0.25) is 18.6 Å². The van der Waals surface area contributed by atoms with E-state index in [0.29, 0.717) is 23.9 Å². The molecule has 0 aliphatic rings. The molecule has 0 fully saturated rings. The summed E-state index contributed by atoms with van der Waals surface area (Å²) >= 11 is 0. The average Bonchev–Trinajstić information content (AvgIpc) is 2.93. The molecule has 0 radical (unpaired) electrons. The van der Waals surface area contributed by atoms with Crippen LogP contribution in [0.15, 0.2) is 0 Å². The molecule has 0 aliphatic carbocycles. The van der Waals surface area contributed by atoms with Crippen LogP contribution in [0, 0.1) is 5.92 Å². The molecule has 1 unspecified atom stereocenters. The van der Waals surface area contributed by atoms with Gasteiger partial charge in [0.05, 0.1) is 27.7 Å². The maximum Gasteiger partial charge on any atom is 0.472 e. The third-order valence-corrected chi connectivity index (χ3v) is 9.24. The number of hydrogen-bond donors (Lipinski definition) is 1. The van der Waals surface area contributed by atoms with Crippen LogP contribution < -0.4 is 0 Å². The molecule has 0 rings (SSSR count). The van der Waals surface area contributed by atoms with Gasteiger partial charge in [0.25, 0.3) is 0 Å². The Balaban J connectivity index is 4.53. The van der Waals surface area contributed by atoms with E-state index in [1.54, 1.807) is 0 Å². The summed E-state index contributed by atoms with van der Waals surface area (Å²) in [6, 6.07) is 0. The van der Waals surface area contributed by atoms with Crippen LogP contribution in [0.1, 0.15) is 168 Å². The van der Waals surface area contributed by atoms with Gasteiger partial charge in [-0.1, -0.05) is 142 Å². The smallest absolute Gasteiger partial charge is 0.329 e. The minimum Gasteiger partial charge on any atom is -0.329 e. The number of likely N-dealkylation sites (N-methyl/N-ethyl adjacent to an activating group) is 1. The van der Waals surface area contributed by atoms with Crippen molar-refractivity contribution in [2.24, 2.45) is 5.92 Å². The first-order valence-electron chi connectivity index (χ1n) is 18.0. The molecule has 0 spiro atoms. The molecule has 0 amide bonds. The van der Waals surface area contributed by atoms with E-state index in [0.717, 1.165) is 38.5 Å². The molecule has 0 saturated heterocycles. The molecule has 43 heavy (non-hydrogen) atoms. The molecule has 8 heteroatoms. The molecule has 0 aromatic carbocycles. The van der Waals surface area contributed by atoms with Crippen LogP contribution in [0.3, 0.4) is 0 Å². The highest BCUT2D eigenvalue weighted by Crippen LogP contribution is 2.43. The van der Waals surface area contributed by atoms with Gasteiger partial charge in [0, 0.05) is 12.8 Å². The molecule has 0 aromatic heterocycles. The number of phosphoric ester groups is 1. The fourth-order valence-corrected chi connectivity index (χ4v) is 6.00. The fourth-order valence-electron chi connectivity index (χ4n) is 5.28. The first kappa shape index (κ1) is 42.4. The van der Waals surface area contributed by atoms with Crippen LogP contribution in [0.5, 0.6) is 0 Å². The van der Waals surface area contributed by atoms with E-state index in [9.17, 15) is 19.0 Å². The van der Waals surface area contributed by atoms with Crippen LogP contribution in [0.2, 0.25) is 0 Å². The Bertz CT molecular complexity index is 686. The lowest BCUT2D eigenvalue weighted by atomic mass is 9.92. The molecular formula is C35H71NO6P+. The van der Waals surface area contributed by atoms with E-state index >= 15 is 0 Å². The molecule has 1 atom stereocenters. The number of unbranched alkanes of at least 4 members (excludes halogenated alkanes) is 20. The van der Waals surface area contributed by atoms with E-state index in [4.69, 9.17) is 9.05 Å². The average molecular weight is 633 g/mol. The molecule has 0 bridgehead atoms. The minimum atomic E-state index is -4.34. The van der Waals surface area contributed by atoms with Crippen molar-refractivity contribution in [1.82, 2.24) is 0 Å². The van der Waals surface area contributed by atoms with Gasteiger partial charge in [-0.05, 0) is 12.8 Å². The maximum absolute atomic E-state index is 13.1. The van der Waals surface area contributed by atoms with Crippen molar-refractivity contribution in [2.45, 2.75) is 168 Å². The molecule has 1 N–H and O–H groups in total. The topological polar surface area (TPSA) is 89.9 Å². The Morgan fingerprint density at radius 2 is 0.907 bits per heavy atom. The number of ketones is 2. The molecule has 0 heterocycles. The summed E-state index contributed by atoms with van der Waals surface area (Å²) in [5.41, 5.74) is 0. The van der Waals surface area contributed by atoms with E-state index in [1.165, 1.54) is 103 Å². The van der Waals surface area contributed by atoms with Crippen molar-refractivity contribution < 1.29 is 32.6 Å². The normalized spacial score (nSPS) is 13.5. The Morgan fingerprint density at radius 3 is 1.23 bits per heavy atom. The van der Waals surface area contributed by atoms with Crippen LogP contribution >= 0.6 is 7.82 Å². The minimum absolute atomic E-state index is 0.0569. The zero-order valence-electron chi connectivity index (χ0n) is 29.1. The van der Waals surface area contributed by atoms with Gasteiger partial charge >= 0.3 is 7.82 Å². The van der Waals surface area contributed by atoms with E-state index in [1.807, 2.05) is 21.1 Å². The van der Waals surface area contributed by atoms with Crippen molar-refractivity contribution in [3.63, 3.8) is 0 Å². The standard InChI is InChI=1S/C35H70NO6P/c1-6-8-10-12-14-16-18-20-22-24-26-28-34(37)33(32-42-43(39,40)41-31-30-36(3,4)5)35(38)29-27-25-23-21-19-17-15-13-11-9-7-2/h33H,6-32H2,1-5H3/p+1. The maximum atomic E-state index is 13.1. The summed E-state index contributed by atoms with van der Waals surface area (Å²) in [5, 5.41) is 0. The fraction of sp³-hybridized carbons (Fsp3) is 0.943. The number of hydrogen-bond acceptors (Lipinski definition) is 5. The highest BCUT2D eigenvalue weighted by molar-refractivity contribution is 7.47. The zero-order valence-corrected chi connectivity index (χ0v) is 29.9. The number of nitrogens with zero attached hydrogens (tertiary/aromatic N) is 1. The number of carbonyl (C=O) groups excluding carboxylic acids is 2. The Labute approximate surface area is 266 Å². The summed E-state index contributed by atoms with van der Waals surface area (Å²) in [6.07, 6.45) is 26.9. The van der Waals surface area contributed by atoms with Crippen molar-refractivity contribution in [3.8, 4) is 0 Å². The Hall–Kier alpha value is -0.590. The number of carbonyl (C=O) groups is 2. The molecule has 0 saturated carbocycles. The lowest BCUT2D eigenvalue weighted by Gasteiger charge is -2.24. The highest BCUT2D eigenvalue weighted by Gasteiger charge is 2.31. The van der Waals surface area contributed by atoms with E-state index in [-0.39, 0.29) is 24.8 Å². The van der Waals surface area contributed by atoms with Crippen molar-refractivity contribution in [3.05, 3.63) is 0 Å². The van der Waals surface area contributed by atoms with Gasteiger partial charge in [-0.2, -0.15) is 0 Å². The molecule has 7 nitrogen and oxygen atoms in total. The summed E-state index contributed by atoms with van der Waals surface area (Å²) in [7, 11) is 1.54. The number of quaternary nitrogens is 1. The third kappa shape index (κ3) is 28.6. The number of phosphoric acid groups is 1. The molecule has 0 aliphatic heterocycles. The number of rotatable bonds is 33. The summed E-state index contributed by atoms with van der Waals surface area (Å²) < 4.78 is 23.3. The predicted octanol–water partition coefficient (Wildman–Crippen LogP) is 9.98. The third-order valence-electron chi connectivity index (χ3n) is 8.25. The summed E-state index contributed by atoms with van der Waals surface area (Å²) in [4.78, 5) is 36.3. The van der Waals surface area contributed by atoms with Crippen molar-refractivity contribution >= 4 is 19.4 Å². The van der Waals surface area contributed by atoms with Crippen molar-refractivity contribution in [2.75, 3.05) is 40.9 Å². The predicted molar refractivity (Wildman–Crippen MR) is 180 cm³/mol. The monoisotopic (exact) mass is 633 g/mol. The quantitative estimate of drug-likeness (QED) is 0.0335. The van der Waals surface area contributed by atoms with Crippen molar-refractivity contribution in [1.29, 1.82) is 0 Å². The van der Waals surface area contributed by atoms with Crippen LogP contribution in [0.4, 0.5) is 0 Å². The van der Waals surface area contributed by atoms with Crippen LogP contribution in [-0.4, -0.2) is 61.8 Å². The number of Topliss-reactive ketones (excluding diaryl/α,β-unsaturated/α-hetero) is 2. The lowest BCUT2D eigenvalue weighted by molar-refractivity contribution is -0.870. The highest BCUT2D eigenvalue weighted by atomic mass is 31.2. The van der Waals surface area contributed by atoms with Crippen LogP contribution in [-0.2, 0) is 23.2 Å². The summed E-state index contributed by atoms with van der Waals surface area (Å²) in [5.74, 6) is -1.33. The van der Waals surface area contributed by atoms with E-state index in [2.05, 4.69) is 13.8 Å². The van der Waals surface area contributed by atoms with Gasteiger partial charge < -0.3 is 9.38 Å². The largest absolute Gasteiger partial charge is 0.472 e. The van der Waals surface area contributed by atoms with Gasteiger partial charge in [0.15, 0.2) is 0 Å². The van der Waals surface area contributed by atoms with Gasteiger partial charge in [-0.15, -0.1) is 0 Å². The lowest BCUT2D eigenvalue weighted by Crippen LogP contribution is -2.37. The first-order chi connectivity index (χ1) is 20.5. The van der Waals surface area contributed by atoms with Crippen LogP contribution in [0.25, 0.3) is 0 Å². The zero-order chi connectivity index (χ0) is 32.2. The Morgan fingerprint density at radius 1 is 0.581 bits per heavy atom. The SMILES string of the molecule is CCCCCCCCCCCCCC(=O)C(COP(=O)(O)OCC[N+](C)(C)C)C(=O)CCCCCCCCCCCCC. The van der Waals surface area contributed by atoms with Gasteiger partial charge in [-0.25, -0.2) is 4.57 Å². The molecule has 256 valence electrons. The second kappa shape index (κ2) is 27.7. The second-order valence-electron chi connectivity index (χ2n) is 13.7. The van der Waals surface area contributed by atoms with Gasteiger partial charge in [0.1, 0.15) is 30.6 Å². The second-order valence-corrected chi connectivity index (χ2v) is 15.1. The Kier molecular flexibility index (Phi) is 27.3. The molecular weight excluding hydrogens is 561 g/mol. The molecule has 0 aromatic rings. The summed E-state index contributed by atoms with van der Waals surface area (Å²) in [6.45, 7) is 4.69. The first-order valence-corrected chi connectivity index (χ1v) is 19.5.